The molecule has 0 bridgehead atoms. The number of carbonyl (C=O) groups excluding carboxylic acids is 1. The normalized spacial score (nSPS) is 24.5. The van der Waals surface area contributed by atoms with E-state index in [1.54, 1.807) is 18.8 Å². The summed E-state index contributed by atoms with van der Waals surface area (Å²) in [6.07, 6.45) is 1.68. The van der Waals surface area contributed by atoms with Gasteiger partial charge in [0.05, 0.1) is 10.4 Å². The molecule has 1 saturated heterocycles. The van der Waals surface area contributed by atoms with Crippen LogP contribution in [0.1, 0.15) is 10.9 Å². The van der Waals surface area contributed by atoms with E-state index < -0.39 is 0 Å². The Morgan fingerprint density at radius 3 is 3.08 bits per heavy atom. The van der Waals surface area contributed by atoms with Crippen LogP contribution in [0, 0.1) is 0 Å². The van der Waals surface area contributed by atoms with Crippen molar-refractivity contribution in [3.63, 3.8) is 0 Å². The Morgan fingerprint density at radius 2 is 2.54 bits per heavy atom. The number of amides is 1. The molecule has 1 aromatic heterocycles. The van der Waals surface area contributed by atoms with E-state index in [9.17, 15) is 4.79 Å². The molecule has 68 valence electrons. The predicted molar refractivity (Wildman–Crippen MR) is 49.5 cm³/mol. The van der Waals surface area contributed by atoms with Gasteiger partial charge in [0.1, 0.15) is 6.04 Å². The average molecular weight is 196 g/mol. The molecule has 1 aliphatic rings. The molecule has 0 radical (unpaired) electrons. The average Bonchev–Trinajstić information content (AvgIpc) is 2.72. The number of guanidine groups is 1. The third-order valence-corrected chi connectivity index (χ3v) is 2.58. The SMILES string of the molecule is CN=C1NC(=O)C(c2cncs2)N1. The van der Waals surface area contributed by atoms with E-state index in [0.29, 0.717) is 5.96 Å². The van der Waals surface area contributed by atoms with Gasteiger partial charge < -0.3 is 5.32 Å². The van der Waals surface area contributed by atoms with Gasteiger partial charge in [-0.25, -0.2) is 0 Å². The monoisotopic (exact) mass is 196 g/mol. The summed E-state index contributed by atoms with van der Waals surface area (Å²) in [6.45, 7) is 0. The lowest BCUT2D eigenvalue weighted by atomic mass is 10.3. The molecular weight excluding hydrogens is 188 g/mol. The standard InChI is InChI=1S/C7H8N4OS/c1-8-7-10-5(6(12)11-7)4-2-9-3-13-4/h2-3,5H,1H3,(H2,8,10,11,12). The van der Waals surface area contributed by atoms with Crippen LogP contribution in [0.4, 0.5) is 0 Å². The van der Waals surface area contributed by atoms with Gasteiger partial charge in [0.2, 0.25) is 0 Å². The zero-order valence-corrected chi connectivity index (χ0v) is 7.76. The van der Waals surface area contributed by atoms with Crippen molar-refractivity contribution >= 4 is 23.2 Å². The summed E-state index contributed by atoms with van der Waals surface area (Å²) >= 11 is 1.45. The van der Waals surface area contributed by atoms with Gasteiger partial charge in [-0.3, -0.25) is 20.1 Å². The van der Waals surface area contributed by atoms with Crippen molar-refractivity contribution < 1.29 is 4.79 Å². The molecule has 1 aliphatic heterocycles. The highest BCUT2D eigenvalue weighted by Crippen LogP contribution is 2.19. The molecule has 5 nitrogen and oxygen atoms in total. The number of thiazole rings is 1. The number of hydrogen-bond acceptors (Lipinski definition) is 4. The first-order valence-corrected chi connectivity index (χ1v) is 4.62. The molecule has 13 heavy (non-hydrogen) atoms. The van der Waals surface area contributed by atoms with Gasteiger partial charge in [0, 0.05) is 13.2 Å². The molecule has 1 aromatic rings. The van der Waals surface area contributed by atoms with Crippen molar-refractivity contribution in [2.75, 3.05) is 7.05 Å². The smallest absolute Gasteiger partial charge is 0.254 e. The van der Waals surface area contributed by atoms with Gasteiger partial charge in [0.25, 0.3) is 5.91 Å². The molecule has 1 unspecified atom stereocenters. The Hall–Kier alpha value is -1.43. The van der Waals surface area contributed by atoms with Crippen LogP contribution in [0.3, 0.4) is 0 Å². The summed E-state index contributed by atoms with van der Waals surface area (Å²) in [5.41, 5.74) is 1.70. The second-order valence-electron chi connectivity index (χ2n) is 2.54. The second kappa shape index (κ2) is 3.14. The van der Waals surface area contributed by atoms with E-state index in [4.69, 9.17) is 0 Å². The Bertz CT molecular complexity index is 345. The predicted octanol–water partition coefficient (Wildman–Crippen LogP) is -0.111. The number of aromatic nitrogens is 1. The number of nitrogens with one attached hydrogen (secondary N) is 2. The summed E-state index contributed by atoms with van der Waals surface area (Å²) < 4.78 is 0. The summed E-state index contributed by atoms with van der Waals surface area (Å²) in [4.78, 5) is 20.0. The summed E-state index contributed by atoms with van der Waals surface area (Å²) in [6, 6.07) is -0.328. The molecule has 1 atom stereocenters. The fourth-order valence-electron chi connectivity index (χ4n) is 1.12. The molecule has 6 heteroatoms. The summed E-state index contributed by atoms with van der Waals surface area (Å²) in [7, 11) is 1.62. The maximum Gasteiger partial charge on any atom is 0.254 e. The quantitative estimate of drug-likeness (QED) is 0.658. The molecular formula is C7H8N4OS. The maximum atomic E-state index is 11.4. The van der Waals surface area contributed by atoms with Crippen molar-refractivity contribution in [1.82, 2.24) is 15.6 Å². The van der Waals surface area contributed by atoms with Crippen LogP contribution in [-0.2, 0) is 4.79 Å². The van der Waals surface area contributed by atoms with Crippen LogP contribution in [0.5, 0.6) is 0 Å². The van der Waals surface area contributed by atoms with Gasteiger partial charge in [-0.15, -0.1) is 11.3 Å². The number of aliphatic imine (C=N–C) groups is 1. The first-order valence-electron chi connectivity index (χ1n) is 3.74. The summed E-state index contributed by atoms with van der Waals surface area (Å²) in [5.74, 6) is 0.438. The fourth-order valence-corrected chi connectivity index (χ4v) is 1.78. The van der Waals surface area contributed by atoms with Gasteiger partial charge in [0.15, 0.2) is 5.96 Å². The zero-order chi connectivity index (χ0) is 9.26. The Morgan fingerprint density at radius 1 is 1.69 bits per heavy atom. The molecule has 2 rings (SSSR count). The minimum absolute atomic E-state index is 0.0788. The minimum atomic E-state index is -0.328. The van der Waals surface area contributed by atoms with Crippen LogP contribution in [0.15, 0.2) is 16.7 Å². The van der Waals surface area contributed by atoms with E-state index in [-0.39, 0.29) is 11.9 Å². The van der Waals surface area contributed by atoms with Crippen molar-refractivity contribution in [2.45, 2.75) is 6.04 Å². The first-order chi connectivity index (χ1) is 6.31. The van der Waals surface area contributed by atoms with Crippen LogP contribution in [0.25, 0.3) is 0 Å². The molecule has 0 aromatic carbocycles. The lowest BCUT2D eigenvalue weighted by Crippen LogP contribution is -2.24. The number of rotatable bonds is 1. The molecule has 0 saturated carbocycles. The summed E-state index contributed by atoms with van der Waals surface area (Å²) in [5, 5.41) is 5.57. The Labute approximate surface area is 78.9 Å². The minimum Gasteiger partial charge on any atom is -0.340 e. The second-order valence-corrected chi connectivity index (χ2v) is 3.46. The number of nitrogens with zero attached hydrogens (tertiary/aromatic N) is 2. The van der Waals surface area contributed by atoms with Crippen molar-refractivity contribution in [2.24, 2.45) is 4.99 Å². The van der Waals surface area contributed by atoms with E-state index in [0.717, 1.165) is 4.88 Å². The van der Waals surface area contributed by atoms with E-state index in [1.165, 1.54) is 11.3 Å². The highest BCUT2D eigenvalue weighted by atomic mass is 32.1. The van der Waals surface area contributed by atoms with E-state index in [1.807, 2.05) is 0 Å². The molecule has 0 spiro atoms. The lowest BCUT2D eigenvalue weighted by molar-refractivity contribution is -0.120. The zero-order valence-electron chi connectivity index (χ0n) is 6.94. The highest BCUT2D eigenvalue weighted by molar-refractivity contribution is 7.09. The Balaban J connectivity index is 2.23. The Kier molecular flexibility index (Phi) is 1.97. The van der Waals surface area contributed by atoms with Crippen LogP contribution < -0.4 is 10.6 Å². The molecule has 1 fully saturated rings. The third-order valence-electron chi connectivity index (χ3n) is 1.74. The van der Waals surface area contributed by atoms with E-state index >= 15 is 0 Å². The first kappa shape index (κ1) is 8.18. The molecule has 1 amide bonds. The topological polar surface area (TPSA) is 66.4 Å². The van der Waals surface area contributed by atoms with Gasteiger partial charge >= 0.3 is 0 Å². The van der Waals surface area contributed by atoms with Crippen molar-refractivity contribution in [3.8, 4) is 0 Å². The van der Waals surface area contributed by atoms with Gasteiger partial charge in [-0.2, -0.15) is 0 Å². The largest absolute Gasteiger partial charge is 0.340 e. The van der Waals surface area contributed by atoms with Gasteiger partial charge in [-0.05, 0) is 0 Å². The third kappa shape index (κ3) is 1.40. The van der Waals surface area contributed by atoms with Crippen molar-refractivity contribution in [1.29, 1.82) is 0 Å². The van der Waals surface area contributed by atoms with Crippen LogP contribution >= 0.6 is 11.3 Å². The molecule has 2 N–H and O–H groups in total. The number of carbonyl (C=O) groups is 1. The van der Waals surface area contributed by atoms with Crippen molar-refractivity contribution in [3.05, 3.63) is 16.6 Å². The maximum absolute atomic E-state index is 11.4. The number of hydrogen-bond donors (Lipinski definition) is 2. The lowest BCUT2D eigenvalue weighted by Gasteiger charge is -2.01. The highest BCUT2D eigenvalue weighted by Gasteiger charge is 2.30. The van der Waals surface area contributed by atoms with Crippen LogP contribution in [0.2, 0.25) is 0 Å². The molecule has 0 aliphatic carbocycles. The van der Waals surface area contributed by atoms with Gasteiger partial charge in [-0.1, -0.05) is 0 Å². The van der Waals surface area contributed by atoms with E-state index in [2.05, 4.69) is 20.6 Å². The fraction of sp³-hybridized carbons (Fsp3) is 0.286. The van der Waals surface area contributed by atoms with Crippen LogP contribution in [-0.4, -0.2) is 23.9 Å². The molecule has 2 heterocycles.